The van der Waals surface area contributed by atoms with E-state index in [1.807, 2.05) is 18.2 Å². The minimum Gasteiger partial charge on any atom is -0.567 e. The van der Waals surface area contributed by atoms with Gasteiger partial charge in [0.1, 0.15) is 0 Å². The third-order valence-corrected chi connectivity index (χ3v) is 1.20. The van der Waals surface area contributed by atoms with Gasteiger partial charge in [-0.25, -0.2) is 0 Å². The molecule has 0 heterocycles. The Morgan fingerprint density at radius 2 is 1.42 bits per heavy atom. The number of rotatable bonds is 2. The average Bonchev–Trinajstić information content (AvgIpc) is 2.16. The van der Waals surface area contributed by atoms with E-state index in [2.05, 4.69) is 0 Å². The molecule has 1 aromatic rings. The van der Waals surface area contributed by atoms with Gasteiger partial charge in [-0.1, -0.05) is 30.3 Å². The van der Waals surface area contributed by atoms with Crippen molar-refractivity contribution in [2.45, 2.75) is 6.42 Å². The molecule has 0 amide bonds. The van der Waals surface area contributed by atoms with E-state index in [4.69, 9.17) is 33.8 Å². The maximum Gasteiger partial charge on any atom is 1.00 e. The van der Waals surface area contributed by atoms with Crippen molar-refractivity contribution in [2.24, 2.45) is 0 Å². The van der Waals surface area contributed by atoms with Gasteiger partial charge < -0.3 is 10.00 Å². The summed E-state index contributed by atoms with van der Waals surface area (Å²) in [5.41, 5.74) is 0.843. The number of carboxylic acids is 1. The summed E-state index contributed by atoms with van der Waals surface area (Å²) in [5.74, 6) is -0.786. The summed E-state index contributed by atoms with van der Waals surface area (Å²) < 4.78 is 17.3. The van der Waals surface area contributed by atoms with Crippen LogP contribution in [-0.4, -0.2) is 25.8 Å². The van der Waals surface area contributed by atoms with Crippen molar-refractivity contribution in [1.29, 1.82) is 0 Å². The largest absolute Gasteiger partial charge is 1.00 e. The van der Waals surface area contributed by atoms with E-state index >= 15 is 0 Å². The van der Waals surface area contributed by atoms with Crippen LogP contribution in [0.4, 0.5) is 0 Å². The summed E-state index contributed by atoms with van der Waals surface area (Å²) in [6.45, 7) is 0. The SMILES string of the molecule is O=C(O)Cc1ccccc1.O=[P+](O)O.O=[P+]([O-])O.[Na+]. The first-order chi connectivity index (χ1) is 8.25. The Kier molecular flexibility index (Phi) is 19.8. The van der Waals surface area contributed by atoms with E-state index in [9.17, 15) is 4.79 Å². The second kappa shape index (κ2) is 15.8. The molecule has 100 valence electrons. The number of aliphatic carboxylic acids is 1. The van der Waals surface area contributed by atoms with Crippen molar-refractivity contribution >= 4 is 22.5 Å². The zero-order chi connectivity index (χ0) is 14.6. The zero-order valence-corrected chi connectivity index (χ0v) is 13.7. The van der Waals surface area contributed by atoms with Crippen molar-refractivity contribution in [1.82, 2.24) is 0 Å². The van der Waals surface area contributed by atoms with Gasteiger partial charge in [-0.2, -0.15) is 4.89 Å². The normalized spacial score (nSPS) is 8.53. The van der Waals surface area contributed by atoms with Crippen LogP contribution in [-0.2, 0) is 20.3 Å². The topological polar surface area (TPSA) is 155 Å². The van der Waals surface area contributed by atoms with Gasteiger partial charge in [-0.3, -0.25) is 4.79 Å². The average molecular weight is 320 g/mol. The molecule has 0 spiro atoms. The second-order valence-electron chi connectivity index (χ2n) is 2.55. The summed E-state index contributed by atoms with van der Waals surface area (Å²) in [5, 5.41) is 8.37. The summed E-state index contributed by atoms with van der Waals surface area (Å²) in [6.07, 6.45) is 0.112. The van der Waals surface area contributed by atoms with Crippen LogP contribution in [0, 0.1) is 0 Å². The fourth-order valence-corrected chi connectivity index (χ4v) is 0.770. The molecule has 0 aliphatic carbocycles. The van der Waals surface area contributed by atoms with Gasteiger partial charge >= 0.3 is 52.0 Å². The van der Waals surface area contributed by atoms with Gasteiger partial charge in [0, 0.05) is 4.57 Å². The van der Waals surface area contributed by atoms with Crippen LogP contribution < -0.4 is 34.5 Å². The molecule has 0 saturated heterocycles. The molecular weight excluding hydrogens is 309 g/mol. The second-order valence-corrected chi connectivity index (χ2v) is 3.53. The van der Waals surface area contributed by atoms with Gasteiger partial charge in [0.05, 0.1) is 6.42 Å². The summed E-state index contributed by atoms with van der Waals surface area (Å²) in [7, 11) is -5.99. The molecule has 1 rings (SSSR count). The maximum absolute atomic E-state index is 10.2. The van der Waals surface area contributed by atoms with Gasteiger partial charge in [0.25, 0.3) is 0 Å². The minimum absolute atomic E-state index is 0. The smallest absolute Gasteiger partial charge is 0.567 e. The Labute approximate surface area is 132 Å². The van der Waals surface area contributed by atoms with Crippen LogP contribution in [0.3, 0.4) is 0 Å². The van der Waals surface area contributed by atoms with Crippen LogP contribution in [0.15, 0.2) is 30.3 Å². The van der Waals surface area contributed by atoms with E-state index in [0.717, 1.165) is 5.56 Å². The van der Waals surface area contributed by atoms with Crippen LogP contribution in [0.5, 0.6) is 0 Å². The van der Waals surface area contributed by atoms with Gasteiger partial charge in [-0.05, 0) is 10.1 Å². The molecule has 0 radical (unpaired) electrons. The van der Waals surface area contributed by atoms with E-state index in [0.29, 0.717) is 0 Å². The fourth-order valence-electron chi connectivity index (χ4n) is 0.770. The Hall–Kier alpha value is -0.270. The first-order valence-electron chi connectivity index (χ1n) is 4.19. The predicted octanol–water partition coefficient (Wildman–Crippen LogP) is -3.06. The molecule has 0 aliphatic rings. The standard InChI is InChI=1S/C8H8O2.Na.2HO3P/c9-8(10)6-7-4-2-1-3-5-7;;2*1-4(2)3/h1-5H,6H2,(H,9,10);;(H-,1,2,3);(H,1,2,3)/q;+1;;/p+1. The third-order valence-electron chi connectivity index (χ3n) is 1.20. The molecule has 4 N–H and O–H groups in total. The van der Waals surface area contributed by atoms with Crippen molar-refractivity contribution in [3.8, 4) is 0 Å². The molecular formula is C8H11NaO8P2+2. The summed E-state index contributed by atoms with van der Waals surface area (Å²) in [4.78, 5) is 40.0. The van der Waals surface area contributed by atoms with Crippen molar-refractivity contribution < 1.29 is 68.2 Å². The molecule has 1 aromatic carbocycles. The summed E-state index contributed by atoms with van der Waals surface area (Å²) in [6, 6.07) is 9.13. The van der Waals surface area contributed by atoms with E-state index in [-0.39, 0.29) is 36.0 Å². The van der Waals surface area contributed by atoms with Crippen LogP contribution in [0.25, 0.3) is 0 Å². The van der Waals surface area contributed by atoms with Gasteiger partial charge in [0.2, 0.25) is 0 Å². The van der Waals surface area contributed by atoms with Gasteiger partial charge in [0.15, 0.2) is 0 Å². The molecule has 1 atom stereocenters. The third kappa shape index (κ3) is 31.9. The molecule has 0 saturated carbocycles. The van der Waals surface area contributed by atoms with E-state index in [1.54, 1.807) is 12.1 Å². The first-order valence-corrected chi connectivity index (χ1v) is 6.49. The zero-order valence-electron chi connectivity index (χ0n) is 9.91. The predicted molar refractivity (Wildman–Crippen MR) is 59.7 cm³/mol. The molecule has 0 aliphatic heterocycles. The number of benzene rings is 1. The van der Waals surface area contributed by atoms with Crippen LogP contribution in [0.2, 0.25) is 0 Å². The van der Waals surface area contributed by atoms with Crippen LogP contribution in [0.1, 0.15) is 5.56 Å². The van der Waals surface area contributed by atoms with Crippen molar-refractivity contribution in [3.05, 3.63) is 35.9 Å². The summed E-state index contributed by atoms with van der Waals surface area (Å²) >= 11 is 0. The number of hydrogen-bond acceptors (Lipinski definition) is 4. The quantitative estimate of drug-likeness (QED) is 0.331. The Bertz CT molecular complexity index is 366. The van der Waals surface area contributed by atoms with Crippen molar-refractivity contribution in [2.75, 3.05) is 0 Å². The number of carbonyl (C=O) groups is 1. The Morgan fingerprint density at radius 3 is 1.68 bits per heavy atom. The fraction of sp³-hybridized carbons (Fsp3) is 0.125. The molecule has 0 fully saturated rings. The van der Waals surface area contributed by atoms with Gasteiger partial charge in [-0.15, -0.1) is 9.79 Å². The van der Waals surface area contributed by atoms with E-state index in [1.165, 1.54) is 0 Å². The molecule has 11 heteroatoms. The molecule has 0 aromatic heterocycles. The first kappa shape index (κ1) is 23.8. The minimum atomic E-state index is -3.12. The maximum atomic E-state index is 10.2. The number of carboxylic acid groups (broad SMARTS) is 1. The monoisotopic (exact) mass is 320 g/mol. The molecule has 19 heavy (non-hydrogen) atoms. The Morgan fingerprint density at radius 1 is 1.11 bits per heavy atom. The van der Waals surface area contributed by atoms with E-state index < -0.39 is 22.5 Å². The van der Waals surface area contributed by atoms with Crippen molar-refractivity contribution in [3.63, 3.8) is 0 Å². The molecule has 8 nitrogen and oxygen atoms in total. The molecule has 1 unspecified atom stereocenters. The number of hydrogen-bond donors (Lipinski definition) is 4. The van der Waals surface area contributed by atoms with Crippen LogP contribution >= 0.6 is 16.5 Å². The molecule has 0 bridgehead atoms. The Balaban J connectivity index is -0.000000242.